The fourth-order valence-corrected chi connectivity index (χ4v) is 2.85. The Hall–Kier alpha value is -1.30. The number of amides is 1. The molecular formula is C17H31NO5. The van der Waals surface area contributed by atoms with Crippen LogP contribution in [0.1, 0.15) is 60.3 Å². The van der Waals surface area contributed by atoms with Gasteiger partial charge >= 0.3 is 12.1 Å². The second kappa shape index (κ2) is 7.99. The van der Waals surface area contributed by atoms with E-state index in [1.54, 1.807) is 20.8 Å². The molecule has 0 aromatic carbocycles. The fourth-order valence-electron chi connectivity index (χ4n) is 2.85. The second-order valence-electron chi connectivity index (χ2n) is 7.65. The third-order valence-electron chi connectivity index (χ3n) is 4.41. The maximum atomic E-state index is 11.9. The van der Waals surface area contributed by atoms with Crippen LogP contribution < -0.4 is 5.32 Å². The van der Waals surface area contributed by atoms with Gasteiger partial charge in [0.2, 0.25) is 0 Å². The summed E-state index contributed by atoms with van der Waals surface area (Å²) in [7, 11) is 0. The van der Waals surface area contributed by atoms with E-state index in [0.717, 1.165) is 19.4 Å². The summed E-state index contributed by atoms with van der Waals surface area (Å²) in [4.78, 5) is 23.8. The number of carboxylic acid groups (broad SMARTS) is 1. The molecule has 0 spiro atoms. The van der Waals surface area contributed by atoms with E-state index in [1.807, 2.05) is 13.8 Å². The highest BCUT2D eigenvalue weighted by atomic mass is 16.6. The lowest BCUT2D eigenvalue weighted by Crippen LogP contribution is -2.48. The van der Waals surface area contributed by atoms with E-state index < -0.39 is 23.1 Å². The molecule has 2 atom stereocenters. The van der Waals surface area contributed by atoms with Crippen molar-refractivity contribution in [2.45, 2.75) is 72.0 Å². The van der Waals surface area contributed by atoms with Crippen molar-refractivity contribution in [1.29, 1.82) is 0 Å². The summed E-state index contributed by atoms with van der Waals surface area (Å²) < 4.78 is 10.8. The smallest absolute Gasteiger partial charge is 0.407 e. The molecule has 2 unspecified atom stereocenters. The molecule has 1 amide bonds. The van der Waals surface area contributed by atoms with Crippen molar-refractivity contribution in [3.05, 3.63) is 0 Å². The highest BCUT2D eigenvalue weighted by Gasteiger charge is 2.42. The van der Waals surface area contributed by atoms with E-state index in [9.17, 15) is 14.7 Å². The van der Waals surface area contributed by atoms with Gasteiger partial charge in [-0.1, -0.05) is 13.8 Å². The average molecular weight is 329 g/mol. The largest absolute Gasteiger partial charge is 0.481 e. The molecule has 6 nitrogen and oxygen atoms in total. The zero-order chi connectivity index (χ0) is 17.7. The van der Waals surface area contributed by atoms with Crippen molar-refractivity contribution in [1.82, 2.24) is 5.32 Å². The molecule has 0 saturated carbocycles. The van der Waals surface area contributed by atoms with E-state index in [1.165, 1.54) is 0 Å². The summed E-state index contributed by atoms with van der Waals surface area (Å²) in [5, 5.41) is 12.4. The van der Waals surface area contributed by atoms with Gasteiger partial charge in [-0.25, -0.2) is 4.79 Å². The van der Waals surface area contributed by atoms with Crippen molar-refractivity contribution in [3.63, 3.8) is 0 Å². The van der Waals surface area contributed by atoms with Crippen molar-refractivity contribution in [3.8, 4) is 0 Å². The summed E-state index contributed by atoms with van der Waals surface area (Å²) in [6, 6.07) is 0. The minimum atomic E-state index is -1.01. The topological polar surface area (TPSA) is 84.9 Å². The van der Waals surface area contributed by atoms with E-state index in [0.29, 0.717) is 12.8 Å². The first-order chi connectivity index (χ1) is 10.6. The number of aliphatic carboxylic acids is 1. The third kappa shape index (κ3) is 6.01. The van der Waals surface area contributed by atoms with Crippen LogP contribution in [0.15, 0.2) is 0 Å². The number of carboxylic acids is 1. The van der Waals surface area contributed by atoms with Crippen LogP contribution in [0.2, 0.25) is 0 Å². The lowest BCUT2D eigenvalue weighted by Gasteiger charge is -2.34. The van der Waals surface area contributed by atoms with Crippen molar-refractivity contribution < 1.29 is 24.2 Å². The number of hydrogen-bond acceptors (Lipinski definition) is 4. The first-order valence-corrected chi connectivity index (χ1v) is 8.39. The van der Waals surface area contributed by atoms with Crippen LogP contribution in [0, 0.1) is 11.3 Å². The van der Waals surface area contributed by atoms with Gasteiger partial charge in [0.05, 0.1) is 11.5 Å². The fraction of sp³-hybridized carbons (Fsp3) is 0.882. The van der Waals surface area contributed by atoms with Crippen LogP contribution >= 0.6 is 0 Å². The molecule has 1 fully saturated rings. The molecule has 1 aliphatic heterocycles. The first kappa shape index (κ1) is 19.7. The minimum absolute atomic E-state index is 0.0572. The Morgan fingerprint density at radius 1 is 1.35 bits per heavy atom. The minimum Gasteiger partial charge on any atom is -0.481 e. The molecule has 1 rings (SSSR count). The summed E-state index contributed by atoms with van der Waals surface area (Å²) in [5.41, 5.74) is -1.62. The highest BCUT2D eigenvalue weighted by molar-refractivity contribution is 5.76. The number of alkyl carbamates (subject to hydrolysis) is 1. The molecule has 0 aromatic rings. The van der Waals surface area contributed by atoms with Crippen molar-refractivity contribution in [2.75, 3.05) is 13.2 Å². The molecular weight excluding hydrogens is 298 g/mol. The number of hydrogen-bond donors (Lipinski definition) is 2. The molecule has 23 heavy (non-hydrogen) atoms. The Kier molecular flexibility index (Phi) is 6.86. The summed E-state index contributed by atoms with van der Waals surface area (Å²) in [6.45, 7) is 9.88. The van der Waals surface area contributed by atoms with Crippen LogP contribution in [0.5, 0.6) is 0 Å². The summed E-state index contributed by atoms with van der Waals surface area (Å²) >= 11 is 0. The Balaban J connectivity index is 2.70. The molecule has 0 aliphatic carbocycles. The van der Waals surface area contributed by atoms with Gasteiger partial charge in [-0.3, -0.25) is 4.79 Å². The van der Waals surface area contributed by atoms with Gasteiger partial charge in [-0.2, -0.15) is 0 Å². The van der Waals surface area contributed by atoms with E-state index in [4.69, 9.17) is 9.47 Å². The molecule has 2 N–H and O–H groups in total. The van der Waals surface area contributed by atoms with Gasteiger partial charge in [-0.05, 0) is 52.4 Å². The first-order valence-electron chi connectivity index (χ1n) is 8.39. The average Bonchev–Trinajstić information content (AvgIpc) is 2.89. The van der Waals surface area contributed by atoms with Crippen LogP contribution in [-0.2, 0) is 14.3 Å². The van der Waals surface area contributed by atoms with Gasteiger partial charge in [0.15, 0.2) is 0 Å². The van der Waals surface area contributed by atoms with Gasteiger partial charge in [0.25, 0.3) is 0 Å². The normalized spacial score (nSPS) is 21.0. The lowest BCUT2D eigenvalue weighted by atomic mass is 9.73. The second-order valence-corrected chi connectivity index (χ2v) is 7.65. The van der Waals surface area contributed by atoms with Crippen molar-refractivity contribution >= 4 is 12.1 Å². The lowest BCUT2D eigenvalue weighted by molar-refractivity contribution is -0.152. The molecule has 1 aliphatic rings. The number of carbonyl (C=O) groups is 2. The summed E-state index contributed by atoms with van der Waals surface area (Å²) in [5.74, 6) is -1.00. The van der Waals surface area contributed by atoms with Gasteiger partial charge in [-0.15, -0.1) is 0 Å². The molecule has 0 bridgehead atoms. The van der Waals surface area contributed by atoms with E-state index >= 15 is 0 Å². The number of rotatable bonds is 7. The standard InChI is InChI=1S/C17H31NO5/c1-12(2)17(14(19)20,9-8-13-7-6-10-22-13)11-18-15(21)23-16(3,4)5/h12-13H,6-11H2,1-5H3,(H,18,21)(H,19,20). The predicted molar refractivity (Wildman–Crippen MR) is 87.4 cm³/mol. The van der Waals surface area contributed by atoms with Crippen molar-refractivity contribution in [2.24, 2.45) is 11.3 Å². The molecule has 1 saturated heterocycles. The maximum Gasteiger partial charge on any atom is 0.407 e. The zero-order valence-electron chi connectivity index (χ0n) is 15.0. The van der Waals surface area contributed by atoms with Crippen LogP contribution in [0.25, 0.3) is 0 Å². The molecule has 134 valence electrons. The molecule has 0 radical (unpaired) electrons. The predicted octanol–water partition coefficient (Wildman–Crippen LogP) is 3.20. The third-order valence-corrected chi connectivity index (χ3v) is 4.41. The SMILES string of the molecule is CC(C)C(CCC1CCCO1)(CNC(=O)OC(C)(C)C)C(=O)O. The van der Waals surface area contributed by atoms with Crippen LogP contribution in [0.4, 0.5) is 4.79 Å². The van der Waals surface area contributed by atoms with E-state index in [2.05, 4.69) is 5.32 Å². The molecule has 1 heterocycles. The van der Waals surface area contributed by atoms with E-state index in [-0.39, 0.29) is 18.6 Å². The number of nitrogens with one attached hydrogen (secondary N) is 1. The monoisotopic (exact) mass is 329 g/mol. The molecule has 0 aromatic heterocycles. The Bertz CT molecular complexity index is 410. The van der Waals surface area contributed by atoms with Crippen LogP contribution in [0.3, 0.4) is 0 Å². The Labute approximate surface area is 138 Å². The van der Waals surface area contributed by atoms with Crippen LogP contribution in [-0.4, -0.2) is 42.0 Å². The number of ether oxygens (including phenoxy) is 2. The quantitative estimate of drug-likeness (QED) is 0.749. The van der Waals surface area contributed by atoms with Gasteiger partial charge < -0.3 is 19.9 Å². The highest BCUT2D eigenvalue weighted by Crippen LogP contribution is 2.35. The van der Waals surface area contributed by atoms with Gasteiger partial charge in [0, 0.05) is 13.2 Å². The Morgan fingerprint density at radius 3 is 2.43 bits per heavy atom. The number of carbonyl (C=O) groups excluding carboxylic acids is 1. The van der Waals surface area contributed by atoms with Gasteiger partial charge in [0.1, 0.15) is 5.60 Å². The Morgan fingerprint density at radius 2 is 2.00 bits per heavy atom. The zero-order valence-corrected chi connectivity index (χ0v) is 15.0. The maximum absolute atomic E-state index is 11.9. The molecule has 6 heteroatoms. The summed E-state index contributed by atoms with van der Waals surface area (Å²) in [6.07, 6.45) is 2.73.